The number of rotatable bonds is 6. The molecule has 42 heavy (non-hydrogen) atoms. The lowest BCUT2D eigenvalue weighted by atomic mass is 10.1. The number of hydrogen-bond donors (Lipinski definition) is 2. The minimum atomic E-state index is -0.662. The van der Waals surface area contributed by atoms with E-state index in [4.69, 9.17) is 21.3 Å². The maximum absolute atomic E-state index is 14.7. The highest BCUT2D eigenvalue weighted by atomic mass is 35.5. The molecule has 5 aromatic rings. The zero-order valence-corrected chi connectivity index (χ0v) is 23.2. The second kappa shape index (κ2) is 11.0. The molecule has 0 atom stereocenters. The van der Waals surface area contributed by atoms with Gasteiger partial charge in [0.2, 0.25) is 5.91 Å². The lowest BCUT2D eigenvalue weighted by Crippen LogP contribution is -2.48. The van der Waals surface area contributed by atoms with Gasteiger partial charge in [-0.25, -0.2) is 9.37 Å². The van der Waals surface area contributed by atoms with E-state index in [9.17, 15) is 14.4 Å². The number of ether oxygens (including phenoxy) is 1. The molecule has 1 aliphatic rings. The summed E-state index contributed by atoms with van der Waals surface area (Å²) < 4.78 is 21.0. The summed E-state index contributed by atoms with van der Waals surface area (Å²) >= 11 is 6.37. The van der Waals surface area contributed by atoms with Crippen molar-refractivity contribution < 1.29 is 13.9 Å². The number of para-hydroxylation sites is 1. The Morgan fingerprint density at radius 2 is 2.05 bits per heavy atom. The number of nitriles is 1. The summed E-state index contributed by atoms with van der Waals surface area (Å²) in [7, 11) is 0. The third kappa shape index (κ3) is 4.71. The van der Waals surface area contributed by atoms with E-state index >= 15 is 0 Å². The van der Waals surface area contributed by atoms with Gasteiger partial charge in [0.05, 0.1) is 34.2 Å². The summed E-state index contributed by atoms with van der Waals surface area (Å²) in [5.41, 5.74) is 3.22. The fourth-order valence-electron chi connectivity index (χ4n) is 5.09. The van der Waals surface area contributed by atoms with Crippen LogP contribution in [0.25, 0.3) is 21.8 Å². The number of nitrogens with zero attached hydrogens (tertiary/aromatic N) is 6. The number of fused-ring (bicyclic) bond motifs is 2. The first kappa shape index (κ1) is 27.0. The predicted octanol–water partition coefficient (Wildman–Crippen LogP) is 5.85. The van der Waals surface area contributed by atoms with Crippen LogP contribution < -0.4 is 15.0 Å². The number of nitrogens with one attached hydrogen (secondary N) is 2. The first-order chi connectivity index (χ1) is 20.4. The Hall–Kier alpha value is -5.21. The number of carbonyl (C=O) groups is 1. The highest BCUT2D eigenvalue weighted by Crippen LogP contribution is 2.43. The molecule has 1 amide bonds. The highest BCUT2D eigenvalue weighted by Gasteiger charge is 2.27. The molecule has 0 aliphatic carbocycles. The van der Waals surface area contributed by atoms with Gasteiger partial charge < -0.3 is 19.9 Å². The standard InChI is InChI=1S/C30H24ClFN8O2/c1-3-25(41)39-10-12-40(13-11-39)28-18-6-4-8-24(42-29-20-16-35-38-23(20)14-21(32)26(29)31)27(18)37-30(19(28)15-33)36-22-7-5-9-34-17(22)2/h3-9,14,16H,1,10-13H2,2H3,(H,35,38)(H,36,37). The number of pyridine rings is 2. The number of carbonyl (C=O) groups excluding carboxylic acids is 1. The molecule has 4 heterocycles. The predicted molar refractivity (Wildman–Crippen MR) is 159 cm³/mol. The van der Waals surface area contributed by atoms with Gasteiger partial charge in [-0.15, -0.1) is 0 Å². The largest absolute Gasteiger partial charge is 0.453 e. The van der Waals surface area contributed by atoms with E-state index in [1.54, 1.807) is 29.3 Å². The van der Waals surface area contributed by atoms with Crippen LogP contribution in [0.3, 0.4) is 0 Å². The molecule has 0 spiro atoms. The van der Waals surface area contributed by atoms with Gasteiger partial charge in [-0.2, -0.15) is 10.4 Å². The van der Waals surface area contributed by atoms with Crippen LogP contribution in [-0.4, -0.2) is 57.2 Å². The Kier molecular flexibility index (Phi) is 7.06. The van der Waals surface area contributed by atoms with E-state index in [1.165, 1.54) is 18.3 Å². The number of benzene rings is 2. The Morgan fingerprint density at radius 3 is 2.79 bits per heavy atom. The fraction of sp³-hybridized carbons (Fsp3) is 0.167. The van der Waals surface area contributed by atoms with Gasteiger partial charge >= 0.3 is 0 Å². The molecule has 3 aromatic heterocycles. The number of halogens is 2. The Balaban J connectivity index is 1.53. The van der Waals surface area contributed by atoms with Gasteiger partial charge in [0.1, 0.15) is 28.0 Å². The van der Waals surface area contributed by atoms with Crippen LogP contribution in [0, 0.1) is 24.1 Å². The zero-order valence-electron chi connectivity index (χ0n) is 22.5. The SMILES string of the molecule is C=CC(=O)N1CCN(c2c(C#N)c(Nc3cccnc3C)nc3c(Oc4c(Cl)c(F)cc5[nH]ncc45)cccc23)CC1. The minimum absolute atomic E-state index is 0.0924. The van der Waals surface area contributed by atoms with Crippen LogP contribution in [0.5, 0.6) is 11.5 Å². The van der Waals surface area contributed by atoms with Gasteiger partial charge in [-0.1, -0.05) is 30.3 Å². The molecule has 2 N–H and O–H groups in total. The van der Waals surface area contributed by atoms with Crippen molar-refractivity contribution in [2.24, 2.45) is 0 Å². The summed E-state index contributed by atoms with van der Waals surface area (Å²) in [6, 6.07) is 12.6. The van der Waals surface area contributed by atoms with Crippen LogP contribution >= 0.6 is 11.6 Å². The first-order valence-corrected chi connectivity index (χ1v) is 13.5. The third-order valence-corrected chi connectivity index (χ3v) is 7.56. The minimum Gasteiger partial charge on any atom is -0.453 e. The molecule has 6 rings (SSSR count). The smallest absolute Gasteiger partial charge is 0.246 e. The molecule has 1 saturated heterocycles. The van der Waals surface area contributed by atoms with Crippen molar-refractivity contribution in [3.05, 3.63) is 83.5 Å². The van der Waals surface area contributed by atoms with E-state index in [0.717, 1.165) is 5.69 Å². The van der Waals surface area contributed by atoms with Crippen molar-refractivity contribution in [3.63, 3.8) is 0 Å². The van der Waals surface area contributed by atoms with Crippen LogP contribution in [0.4, 0.5) is 21.6 Å². The molecule has 0 bridgehead atoms. The van der Waals surface area contributed by atoms with Crippen LogP contribution in [-0.2, 0) is 4.79 Å². The van der Waals surface area contributed by atoms with Crippen molar-refractivity contribution in [1.82, 2.24) is 25.1 Å². The molecule has 0 saturated carbocycles. The topological polar surface area (TPSA) is 123 Å². The van der Waals surface area contributed by atoms with E-state index < -0.39 is 5.82 Å². The van der Waals surface area contributed by atoms with Crippen LogP contribution in [0.15, 0.2) is 61.4 Å². The Morgan fingerprint density at radius 1 is 1.24 bits per heavy atom. The zero-order chi connectivity index (χ0) is 29.4. The monoisotopic (exact) mass is 582 g/mol. The summed E-state index contributed by atoms with van der Waals surface area (Å²) in [6.45, 7) is 7.31. The van der Waals surface area contributed by atoms with E-state index in [1.807, 2.05) is 19.1 Å². The van der Waals surface area contributed by atoms with Gasteiger partial charge in [-0.3, -0.25) is 14.9 Å². The maximum Gasteiger partial charge on any atom is 0.246 e. The molecule has 12 heteroatoms. The van der Waals surface area contributed by atoms with Crippen LogP contribution in [0.1, 0.15) is 11.3 Å². The molecule has 1 fully saturated rings. The summed E-state index contributed by atoms with van der Waals surface area (Å²) in [5.74, 6) is -0.104. The highest BCUT2D eigenvalue weighted by molar-refractivity contribution is 6.33. The maximum atomic E-state index is 14.7. The molecule has 210 valence electrons. The van der Waals surface area contributed by atoms with E-state index in [2.05, 4.69) is 38.0 Å². The quantitative estimate of drug-likeness (QED) is 0.239. The average Bonchev–Trinajstić information content (AvgIpc) is 3.48. The Bertz CT molecular complexity index is 1910. The third-order valence-electron chi connectivity index (χ3n) is 7.21. The van der Waals surface area contributed by atoms with Gasteiger partial charge in [0, 0.05) is 43.8 Å². The van der Waals surface area contributed by atoms with Crippen LogP contribution in [0.2, 0.25) is 5.02 Å². The number of aryl methyl sites for hydroxylation is 1. The molecule has 10 nitrogen and oxygen atoms in total. The van der Waals surface area contributed by atoms with Gasteiger partial charge in [0.25, 0.3) is 0 Å². The molecule has 0 radical (unpaired) electrons. The normalized spacial score (nSPS) is 13.3. The van der Waals surface area contributed by atoms with Crippen molar-refractivity contribution in [3.8, 4) is 17.6 Å². The van der Waals surface area contributed by atoms with Gasteiger partial charge in [-0.05, 0) is 31.2 Å². The number of H-pyrrole nitrogens is 1. The molecule has 1 aliphatic heterocycles. The second-order valence-corrected chi connectivity index (χ2v) is 10.0. The summed E-state index contributed by atoms with van der Waals surface area (Å²) in [5, 5.41) is 21.4. The number of amides is 1. The summed E-state index contributed by atoms with van der Waals surface area (Å²) in [6.07, 6.45) is 4.49. The molecule has 2 aromatic carbocycles. The lowest BCUT2D eigenvalue weighted by Gasteiger charge is -2.36. The van der Waals surface area contributed by atoms with E-state index in [0.29, 0.717) is 76.5 Å². The van der Waals surface area contributed by atoms with Crippen molar-refractivity contribution in [2.45, 2.75) is 6.92 Å². The molecular weight excluding hydrogens is 559 g/mol. The molecule has 0 unspecified atom stereocenters. The number of aromatic nitrogens is 4. The van der Waals surface area contributed by atoms with E-state index in [-0.39, 0.29) is 16.7 Å². The second-order valence-electron chi connectivity index (χ2n) is 9.66. The average molecular weight is 583 g/mol. The van der Waals surface area contributed by atoms with Gasteiger partial charge in [0.15, 0.2) is 17.3 Å². The number of hydrogen-bond acceptors (Lipinski definition) is 8. The molecular formula is C30H24ClFN8O2. The van der Waals surface area contributed by atoms with Crippen molar-refractivity contribution in [1.29, 1.82) is 5.26 Å². The summed E-state index contributed by atoms with van der Waals surface area (Å²) in [4.78, 5) is 25.2. The Labute approximate surface area is 245 Å². The van der Waals surface area contributed by atoms with Crippen molar-refractivity contribution >= 4 is 56.5 Å². The number of aromatic amines is 1. The lowest BCUT2D eigenvalue weighted by molar-refractivity contribution is -0.126. The fourth-order valence-corrected chi connectivity index (χ4v) is 5.28. The van der Waals surface area contributed by atoms with Crippen molar-refractivity contribution in [2.75, 3.05) is 36.4 Å². The number of anilines is 3. The number of piperazine rings is 1. The first-order valence-electron chi connectivity index (χ1n) is 13.1.